The lowest BCUT2D eigenvalue weighted by atomic mass is 9.77. The monoisotopic (exact) mass is 984 g/mol. The first-order chi connectivity index (χ1) is 32.6. The van der Waals surface area contributed by atoms with Gasteiger partial charge in [-0.3, -0.25) is 24.0 Å². The number of rotatable bonds is 11. The van der Waals surface area contributed by atoms with Gasteiger partial charge in [-0.25, -0.2) is 0 Å². The van der Waals surface area contributed by atoms with Crippen molar-refractivity contribution in [2.45, 2.75) is 250 Å². The number of carbonyl (C=O) groups is 5. The largest absolute Gasteiger partial charge is 0.359 e. The Morgan fingerprint density at radius 1 is 0.414 bits per heavy atom. The zero-order chi connectivity index (χ0) is 51.4. The van der Waals surface area contributed by atoms with Crippen molar-refractivity contribution < 1.29 is 24.0 Å². The van der Waals surface area contributed by atoms with E-state index >= 15 is 0 Å². The Labute approximate surface area is 431 Å². The van der Waals surface area contributed by atoms with Gasteiger partial charge in [0, 0.05) is 69.9 Å². The van der Waals surface area contributed by atoms with Crippen LogP contribution in [0.4, 0.5) is 0 Å². The SMILES string of the molecule is C.CC(=O)N1CCC(C(C)C)CC1.CC(=O)NC1CCC(C(C)C)CC1.CC(C)C1CCC(C(=O)NC2CC2)CC1.CC(C)C1CCC(C(=O)NC2CC2C)CC1.CNC(=O)C1CCC(C(C)C)CC1. The second-order valence-corrected chi connectivity index (χ2v) is 24.9. The van der Waals surface area contributed by atoms with E-state index in [-0.39, 0.29) is 25.1 Å². The van der Waals surface area contributed by atoms with Crippen molar-refractivity contribution in [1.82, 2.24) is 26.2 Å². The summed E-state index contributed by atoms with van der Waals surface area (Å²) in [5, 5.41) is 12.0. The predicted molar refractivity (Wildman–Crippen MR) is 293 cm³/mol. The van der Waals surface area contributed by atoms with E-state index in [1.807, 2.05) is 4.90 Å². The maximum Gasteiger partial charge on any atom is 0.223 e. The molecule has 10 nitrogen and oxygen atoms in total. The number of hydrogen-bond acceptors (Lipinski definition) is 5. The molecule has 7 aliphatic rings. The van der Waals surface area contributed by atoms with Crippen LogP contribution in [0.25, 0.3) is 0 Å². The van der Waals surface area contributed by atoms with Gasteiger partial charge < -0.3 is 26.2 Å². The summed E-state index contributed by atoms with van der Waals surface area (Å²) in [5.41, 5.74) is 0. The molecular weight excluding hydrogens is 871 g/mol. The Hall–Kier alpha value is -2.65. The summed E-state index contributed by atoms with van der Waals surface area (Å²) in [4.78, 5) is 58.9. The molecule has 5 amide bonds. The quantitative estimate of drug-likeness (QED) is 0.163. The fourth-order valence-corrected chi connectivity index (χ4v) is 11.8. The molecule has 0 spiro atoms. The number of amides is 5. The molecule has 0 bridgehead atoms. The lowest BCUT2D eigenvalue weighted by molar-refractivity contribution is -0.130. The lowest BCUT2D eigenvalue weighted by Gasteiger charge is -2.33. The Morgan fingerprint density at radius 3 is 0.986 bits per heavy atom. The lowest BCUT2D eigenvalue weighted by Crippen LogP contribution is -2.38. The highest BCUT2D eigenvalue weighted by molar-refractivity contribution is 5.80. The highest BCUT2D eigenvalue weighted by Gasteiger charge is 2.37. The molecule has 7 fully saturated rings. The number of nitrogens with one attached hydrogen (secondary N) is 4. The summed E-state index contributed by atoms with van der Waals surface area (Å²) in [6, 6.07) is 1.48. The van der Waals surface area contributed by atoms with E-state index in [0.717, 1.165) is 117 Å². The van der Waals surface area contributed by atoms with Gasteiger partial charge in [-0.2, -0.15) is 0 Å². The molecule has 0 aromatic rings. The molecular formula is C60H113N5O5. The van der Waals surface area contributed by atoms with E-state index in [9.17, 15) is 24.0 Å². The van der Waals surface area contributed by atoms with Gasteiger partial charge in [0.15, 0.2) is 0 Å². The van der Waals surface area contributed by atoms with Crippen molar-refractivity contribution in [2.24, 2.45) is 82.9 Å². The number of piperidine rings is 1. The number of nitrogens with zero attached hydrogens (tertiary/aromatic N) is 1. The van der Waals surface area contributed by atoms with E-state index in [0.29, 0.717) is 47.7 Å². The van der Waals surface area contributed by atoms with E-state index < -0.39 is 0 Å². The summed E-state index contributed by atoms with van der Waals surface area (Å²) in [5.74, 6) is 11.1. The average molecular weight is 985 g/mol. The van der Waals surface area contributed by atoms with Crippen LogP contribution in [0.1, 0.15) is 232 Å². The van der Waals surface area contributed by atoms with Gasteiger partial charge in [-0.05, 0) is 200 Å². The molecule has 7 rings (SSSR count). The van der Waals surface area contributed by atoms with Crippen LogP contribution in [-0.4, -0.2) is 72.7 Å². The topological polar surface area (TPSA) is 137 Å². The maximum absolute atomic E-state index is 12.0. The van der Waals surface area contributed by atoms with Crippen LogP contribution in [0.15, 0.2) is 0 Å². The third-order valence-electron chi connectivity index (χ3n) is 17.9. The van der Waals surface area contributed by atoms with Crippen LogP contribution in [0.3, 0.4) is 0 Å². The normalized spacial score (nSPS) is 29.8. The molecule has 1 heterocycles. The third-order valence-corrected chi connectivity index (χ3v) is 17.9. The van der Waals surface area contributed by atoms with Crippen LogP contribution < -0.4 is 21.3 Å². The van der Waals surface area contributed by atoms with Crippen LogP contribution in [0.2, 0.25) is 0 Å². The minimum absolute atomic E-state index is 0. The predicted octanol–water partition coefficient (Wildman–Crippen LogP) is 12.8. The first-order valence-corrected chi connectivity index (χ1v) is 28.9. The first-order valence-electron chi connectivity index (χ1n) is 28.9. The Morgan fingerprint density at radius 2 is 0.700 bits per heavy atom. The number of likely N-dealkylation sites (tertiary alicyclic amines) is 1. The Bertz CT molecular complexity index is 1490. The van der Waals surface area contributed by atoms with Gasteiger partial charge in [-0.15, -0.1) is 0 Å². The smallest absolute Gasteiger partial charge is 0.223 e. The average Bonchev–Trinajstić information content (AvgIpc) is 4.28. The molecule has 1 aliphatic heterocycles. The molecule has 6 saturated carbocycles. The molecule has 1 saturated heterocycles. The molecule has 2 unspecified atom stereocenters. The zero-order valence-electron chi connectivity index (χ0n) is 47.1. The van der Waals surface area contributed by atoms with Crippen LogP contribution in [-0.2, 0) is 24.0 Å². The first kappa shape index (κ1) is 63.5. The third kappa shape index (κ3) is 23.9. The van der Waals surface area contributed by atoms with E-state index in [2.05, 4.69) is 97.4 Å². The number of carbonyl (C=O) groups excluding carboxylic acids is 5. The van der Waals surface area contributed by atoms with Gasteiger partial charge in [0.1, 0.15) is 0 Å². The van der Waals surface area contributed by atoms with Gasteiger partial charge in [0.25, 0.3) is 0 Å². The molecule has 2 atom stereocenters. The second kappa shape index (κ2) is 32.5. The van der Waals surface area contributed by atoms with Gasteiger partial charge in [0.2, 0.25) is 29.5 Å². The summed E-state index contributed by atoms with van der Waals surface area (Å²) in [7, 11) is 1.73. The maximum atomic E-state index is 12.0. The van der Waals surface area contributed by atoms with Gasteiger partial charge in [0.05, 0.1) is 0 Å². The fraction of sp³-hybridized carbons (Fsp3) is 0.917. The summed E-state index contributed by atoms with van der Waals surface area (Å²) >= 11 is 0. The van der Waals surface area contributed by atoms with E-state index in [1.165, 1.54) is 96.3 Å². The molecule has 4 N–H and O–H groups in total. The summed E-state index contributed by atoms with van der Waals surface area (Å²) in [6.07, 6.45) is 24.9. The van der Waals surface area contributed by atoms with Crippen molar-refractivity contribution in [1.29, 1.82) is 0 Å². The van der Waals surface area contributed by atoms with Crippen LogP contribution in [0.5, 0.6) is 0 Å². The Balaban J connectivity index is 0.000000300. The van der Waals surface area contributed by atoms with Gasteiger partial charge >= 0.3 is 0 Å². The summed E-state index contributed by atoms with van der Waals surface area (Å²) in [6.45, 7) is 30.3. The van der Waals surface area contributed by atoms with E-state index in [1.54, 1.807) is 20.9 Å². The highest BCUT2D eigenvalue weighted by atomic mass is 16.2. The zero-order valence-corrected chi connectivity index (χ0v) is 47.1. The molecule has 408 valence electrons. The minimum Gasteiger partial charge on any atom is -0.359 e. The standard InChI is InChI=1S/C14H25NO.C13H23NO.2C11H21NO.C10H19NO.CH4/c1-9(2)11-4-6-12(7-5-11)14(16)15-13-8-10(13)3;1-9(2)10-3-5-11(6-4-10)13(15)14-12-7-8-12;1-8(2)9-4-6-10(7-5-9)11(13)12-3;1-8(2)10-4-6-11(7-5-10)12-9(3)13;1-8(2)10-4-6-11(7-5-10)9(3)12;/h9-13H,4-8H2,1-3H3,(H,15,16);9-12H,3-8H2,1-2H3,(H,14,15);8-10H,4-7H2,1-3H3,(H,12,13);8,10-11H,4-7H2,1-3H3,(H,12,13);8,10H,4-7H2,1-3H3;1H4. The second-order valence-electron chi connectivity index (χ2n) is 24.9. The van der Waals surface area contributed by atoms with Crippen molar-refractivity contribution in [3.8, 4) is 0 Å². The van der Waals surface area contributed by atoms with E-state index in [4.69, 9.17) is 0 Å². The molecule has 0 radical (unpaired) electrons. The van der Waals surface area contributed by atoms with Crippen LogP contribution in [0, 0.1) is 82.9 Å². The molecule has 70 heavy (non-hydrogen) atoms. The van der Waals surface area contributed by atoms with Gasteiger partial charge in [-0.1, -0.05) is 83.6 Å². The van der Waals surface area contributed by atoms with Crippen LogP contribution >= 0.6 is 0 Å². The van der Waals surface area contributed by atoms with Crippen molar-refractivity contribution in [3.05, 3.63) is 0 Å². The Kier molecular flexibility index (Phi) is 29.5. The summed E-state index contributed by atoms with van der Waals surface area (Å²) < 4.78 is 0. The molecule has 10 heteroatoms. The van der Waals surface area contributed by atoms with Crippen molar-refractivity contribution in [3.63, 3.8) is 0 Å². The molecule has 6 aliphatic carbocycles. The van der Waals surface area contributed by atoms with Crippen molar-refractivity contribution in [2.75, 3.05) is 20.1 Å². The molecule has 0 aromatic heterocycles. The number of hydrogen-bond donors (Lipinski definition) is 4. The molecule has 0 aromatic carbocycles. The highest BCUT2D eigenvalue weighted by Crippen LogP contribution is 2.37. The minimum atomic E-state index is 0. The van der Waals surface area contributed by atoms with Crippen molar-refractivity contribution >= 4 is 29.5 Å². The fourth-order valence-electron chi connectivity index (χ4n) is 11.8.